The molecule has 0 bridgehead atoms. The average Bonchev–Trinajstić information content (AvgIpc) is 2.84. The molecule has 1 N–H and O–H groups in total. The van der Waals surface area contributed by atoms with Crippen LogP contribution in [0, 0.1) is 0 Å². The monoisotopic (exact) mass is 254 g/mol. The van der Waals surface area contributed by atoms with Crippen molar-refractivity contribution >= 4 is 11.4 Å². The number of hydrogen-bond donors (Lipinski definition) is 1. The summed E-state index contributed by atoms with van der Waals surface area (Å²) in [5.74, 6) is -0.170. The number of aliphatic hydroxyl groups is 1. The van der Waals surface area contributed by atoms with Gasteiger partial charge in [-0.1, -0.05) is 30.3 Å². The molecule has 0 aliphatic heterocycles. The molecule has 1 aromatic carbocycles. The average molecular weight is 254 g/mol. The van der Waals surface area contributed by atoms with Gasteiger partial charge in [0, 0.05) is 5.56 Å². The van der Waals surface area contributed by atoms with Crippen LogP contribution in [-0.2, 0) is 0 Å². The highest BCUT2D eigenvalue weighted by atomic mass is 16.3. The van der Waals surface area contributed by atoms with Crippen molar-refractivity contribution in [3.05, 3.63) is 52.2 Å². The molecule has 19 heavy (non-hydrogen) atoms. The van der Waals surface area contributed by atoms with Crippen molar-refractivity contribution < 1.29 is 5.11 Å². The summed E-state index contributed by atoms with van der Waals surface area (Å²) >= 11 is 0. The van der Waals surface area contributed by atoms with E-state index < -0.39 is 5.56 Å². The molecule has 0 unspecified atom stereocenters. The normalized spacial score (nSPS) is 12.7. The lowest BCUT2D eigenvalue weighted by Crippen LogP contribution is -2.36. The third-order valence-electron chi connectivity index (χ3n) is 2.81. The zero-order valence-electron chi connectivity index (χ0n) is 10.1. The number of aliphatic hydroxyl groups excluding tert-OH is 1. The predicted octanol–water partition coefficient (Wildman–Crippen LogP) is 0.556. The molecular formula is C13H10N4O2. The van der Waals surface area contributed by atoms with E-state index in [4.69, 9.17) is 0 Å². The van der Waals surface area contributed by atoms with Crippen molar-refractivity contribution in [2.75, 3.05) is 0 Å². The van der Waals surface area contributed by atoms with E-state index in [-0.39, 0.29) is 11.1 Å². The summed E-state index contributed by atoms with van der Waals surface area (Å²) in [6.07, 6.45) is 1.57. The van der Waals surface area contributed by atoms with Crippen molar-refractivity contribution in [2.45, 2.75) is 6.92 Å². The standard InChI is InChI=1S/C13H10N4O2/c1-8(18)11-13(19)17-12(16-15-11)10(7-14-17)9-5-3-2-4-6-9/h2-7,18H,1H3/b11-8+. The van der Waals surface area contributed by atoms with Crippen LogP contribution in [-0.4, -0.2) is 24.9 Å². The van der Waals surface area contributed by atoms with Crippen molar-refractivity contribution in [2.24, 2.45) is 0 Å². The number of hydrogen-bond acceptors (Lipinski definition) is 5. The van der Waals surface area contributed by atoms with Crippen LogP contribution in [0.1, 0.15) is 6.92 Å². The Labute approximate surface area is 107 Å². The Kier molecular flexibility index (Phi) is 2.49. The molecule has 0 fully saturated rings. The molecule has 2 heterocycles. The summed E-state index contributed by atoms with van der Waals surface area (Å²) in [5.41, 5.74) is 1.53. The zero-order valence-corrected chi connectivity index (χ0v) is 10.1. The van der Waals surface area contributed by atoms with Crippen LogP contribution in [0.2, 0.25) is 0 Å². The molecule has 0 spiro atoms. The summed E-state index contributed by atoms with van der Waals surface area (Å²) in [6.45, 7) is 1.39. The van der Waals surface area contributed by atoms with Gasteiger partial charge in [0.2, 0.25) is 0 Å². The quantitative estimate of drug-likeness (QED) is 0.686. The molecule has 6 nitrogen and oxygen atoms in total. The van der Waals surface area contributed by atoms with Gasteiger partial charge in [-0.2, -0.15) is 9.61 Å². The second-order valence-corrected chi connectivity index (χ2v) is 4.10. The molecular weight excluding hydrogens is 244 g/mol. The van der Waals surface area contributed by atoms with E-state index in [1.54, 1.807) is 6.20 Å². The maximum absolute atomic E-state index is 12.0. The van der Waals surface area contributed by atoms with E-state index in [2.05, 4.69) is 15.3 Å². The summed E-state index contributed by atoms with van der Waals surface area (Å²) in [7, 11) is 0. The topological polar surface area (TPSA) is 80.4 Å². The third kappa shape index (κ3) is 1.74. The molecule has 3 aromatic rings. The Morgan fingerprint density at radius 3 is 2.63 bits per heavy atom. The van der Waals surface area contributed by atoms with Crippen LogP contribution in [0.5, 0.6) is 0 Å². The molecule has 0 radical (unpaired) electrons. The fraction of sp³-hybridized carbons (Fsp3) is 0.0769. The van der Waals surface area contributed by atoms with Gasteiger partial charge in [0.05, 0.1) is 6.20 Å². The Hall–Kier alpha value is -2.76. The molecule has 6 heteroatoms. The number of fused-ring (bicyclic) bond motifs is 1. The van der Waals surface area contributed by atoms with Gasteiger partial charge in [-0.15, -0.1) is 10.2 Å². The van der Waals surface area contributed by atoms with Gasteiger partial charge in [-0.3, -0.25) is 4.79 Å². The Bertz CT molecular complexity index is 851. The van der Waals surface area contributed by atoms with Crippen LogP contribution in [0.4, 0.5) is 0 Å². The molecule has 0 saturated carbocycles. The largest absolute Gasteiger partial charge is 0.510 e. The summed E-state index contributed by atoms with van der Waals surface area (Å²) in [5, 5.41) is 21.0. The van der Waals surface area contributed by atoms with Crippen molar-refractivity contribution in [1.29, 1.82) is 0 Å². The van der Waals surface area contributed by atoms with E-state index in [1.165, 1.54) is 6.92 Å². The van der Waals surface area contributed by atoms with Gasteiger partial charge in [0.25, 0.3) is 0 Å². The highest BCUT2D eigenvalue weighted by Crippen LogP contribution is 2.20. The van der Waals surface area contributed by atoms with Crippen molar-refractivity contribution in [3.63, 3.8) is 0 Å². The molecule has 94 valence electrons. The van der Waals surface area contributed by atoms with Crippen LogP contribution in [0.3, 0.4) is 0 Å². The lowest BCUT2D eigenvalue weighted by atomic mass is 10.1. The molecule has 2 aromatic heterocycles. The van der Waals surface area contributed by atoms with Gasteiger partial charge >= 0.3 is 5.56 Å². The van der Waals surface area contributed by atoms with Gasteiger partial charge < -0.3 is 5.11 Å². The number of benzene rings is 1. The minimum Gasteiger partial charge on any atom is -0.510 e. The summed E-state index contributed by atoms with van der Waals surface area (Å²) in [4.78, 5) is 12.0. The van der Waals surface area contributed by atoms with Crippen LogP contribution in [0.25, 0.3) is 22.5 Å². The number of nitrogens with zero attached hydrogens (tertiary/aromatic N) is 4. The summed E-state index contributed by atoms with van der Waals surface area (Å²) in [6, 6.07) is 9.50. The number of rotatable bonds is 1. The van der Waals surface area contributed by atoms with Gasteiger partial charge in [0.1, 0.15) is 5.76 Å². The van der Waals surface area contributed by atoms with E-state index >= 15 is 0 Å². The third-order valence-corrected chi connectivity index (χ3v) is 2.81. The predicted molar refractivity (Wildman–Crippen MR) is 69.4 cm³/mol. The van der Waals surface area contributed by atoms with E-state index in [1.807, 2.05) is 30.3 Å². The second kappa shape index (κ2) is 4.16. The van der Waals surface area contributed by atoms with Gasteiger partial charge in [-0.25, -0.2) is 0 Å². The first-order valence-corrected chi connectivity index (χ1v) is 5.68. The zero-order chi connectivity index (χ0) is 13.4. The van der Waals surface area contributed by atoms with Gasteiger partial charge in [0.15, 0.2) is 11.0 Å². The van der Waals surface area contributed by atoms with E-state index in [0.717, 1.165) is 15.6 Å². The smallest absolute Gasteiger partial charge is 0.304 e. The molecule has 0 aliphatic rings. The molecule has 0 saturated heterocycles. The molecule has 0 amide bonds. The highest BCUT2D eigenvalue weighted by molar-refractivity contribution is 5.76. The maximum atomic E-state index is 12.0. The molecule has 0 aliphatic carbocycles. The van der Waals surface area contributed by atoms with Crippen molar-refractivity contribution in [1.82, 2.24) is 19.8 Å². The van der Waals surface area contributed by atoms with Crippen molar-refractivity contribution in [3.8, 4) is 11.1 Å². The highest BCUT2D eigenvalue weighted by Gasteiger charge is 2.11. The van der Waals surface area contributed by atoms with E-state index in [9.17, 15) is 9.90 Å². The minimum absolute atomic E-state index is 0.0878. The van der Waals surface area contributed by atoms with Crippen LogP contribution >= 0.6 is 0 Å². The SMILES string of the molecule is C/C(O)=c1\nnc2c(-c3ccccc3)cnn2c1=O. The first-order chi connectivity index (χ1) is 9.18. The first kappa shape index (κ1) is 11.3. The fourth-order valence-electron chi connectivity index (χ4n) is 1.88. The van der Waals surface area contributed by atoms with Crippen LogP contribution < -0.4 is 10.9 Å². The minimum atomic E-state index is -0.479. The summed E-state index contributed by atoms with van der Waals surface area (Å²) < 4.78 is 1.14. The fourth-order valence-corrected chi connectivity index (χ4v) is 1.88. The van der Waals surface area contributed by atoms with E-state index in [0.29, 0.717) is 5.65 Å². The Morgan fingerprint density at radius 2 is 1.95 bits per heavy atom. The van der Waals surface area contributed by atoms with Gasteiger partial charge in [-0.05, 0) is 12.5 Å². The lowest BCUT2D eigenvalue weighted by Gasteiger charge is -1.97. The number of aromatic nitrogens is 4. The maximum Gasteiger partial charge on any atom is 0.304 e. The second-order valence-electron chi connectivity index (χ2n) is 4.10. The Balaban J connectivity index is 2.36. The molecule has 0 atom stereocenters. The molecule has 3 rings (SSSR count). The first-order valence-electron chi connectivity index (χ1n) is 5.68. The Morgan fingerprint density at radius 1 is 1.21 bits per heavy atom. The van der Waals surface area contributed by atoms with Crippen LogP contribution in [0.15, 0.2) is 41.3 Å². The lowest BCUT2D eigenvalue weighted by molar-refractivity contribution is 0.493.